The van der Waals surface area contributed by atoms with Crippen LogP contribution in [0, 0.1) is 18.3 Å². The van der Waals surface area contributed by atoms with E-state index in [0.29, 0.717) is 23.4 Å². The number of hydrogen-bond acceptors (Lipinski definition) is 6. The van der Waals surface area contributed by atoms with Crippen LogP contribution in [0.15, 0.2) is 54.6 Å². The maximum Gasteiger partial charge on any atom is 0.262 e. The number of ether oxygens (including phenoxy) is 2. The molecular formula is C32H33Cl2N3O4. The van der Waals surface area contributed by atoms with Crippen LogP contribution < -0.4 is 14.8 Å². The zero-order valence-electron chi connectivity index (χ0n) is 23.2. The summed E-state index contributed by atoms with van der Waals surface area (Å²) in [5.74, 6) is 0.125. The first-order valence-electron chi connectivity index (χ1n) is 13.7. The van der Waals surface area contributed by atoms with E-state index in [4.69, 9.17) is 32.7 Å². The predicted molar refractivity (Wildman–Crippen MR) is 161 cm³/mol. The number of nitrogens with one attached hydrogen (secondary N) is 1. The van der Waals surface area contributed by atoms with Gasteiger partial charge in [-0.1, -0.05) is 29.6 Å². The number of piperidine rings is 1. The van der Waals surface area contributed by atoms with Gasteiger partial charge in [-0.05, 0) is 99.8 Å². The van der Waals surface area contributed by atoms with E-state index in [-0.39, 0.29) is 40.0 Å². The number of ketones is 1. The molecule has 0 saturated carbocycles. The van der Waals surface area contributed by atoms with Crippen LogP contribution in [0.2, 0.25) is 10.0 Å². The molecule has 1 unspecified atom stereocenters. The van der Waals surface area contributed by atoms with E-state index in [0.717, 1.165) is 24.3 Å². The van der Waals surface area contributed by atoms with Gasteiger partial charge in [-0.25, -0.2) is 0 Å². The van der Waals surface area contributed by atoms with E-state index < -0.39 is 5.78 Å². The lowest BCUT2D eigenvalue weighted by molar-refractivity contribution is -0.118. The van der Waals surface area contributed by atoms with Crippen molar-refractivity contribution >= 4 is 40.6 Å². The van der Waals surface area contributed by atoms with Crippen LogP contribution in [0.5, 0.6) is 11.5 Å². The highest BCUT2D eigenvalue weighted by molar-refractivity contribution is 6.32. The monoisotopic (exact) mass is 593 g/mol. The van der Waals surface area contributed by atoms with Crippen molar-refractivity contribution in [2.24, 2.45) is 0 Å². The number of anilines is 1. The number of likely N-dealkylation sites (tertiary alicyclic amines) is 1. The Morgan fingerprint density at radius 2 is 1.88 bits per heavy atom. The molecule has 0 aromatic heterocycles. The van der Waals surface area contributed by atoms with Gasteiger partial charge in [-0.15, -0.1) is 0 Å². The Hall–Kier alpha value is -3.57. The van der Waals surface area contributed by atoms with Gasteiger partial charge in [-0.2, -0.15) is 5.26 Å². The predicted octanol–water partition coefficient (Wildman–Crippen LogP) is 7.07. The van der Waals surface area contributed by atoms with Crippen LogP contribution in [0.4, 0.5) is 5.69 Å². The molecule has 3 aromatic carbocycles. The zero-order valence-corrected chi connectivity index (χ0v) is 24.7. The number of aryl methyl sites for hydroxylation is 1. The molecule has 1 atom stereocenters. The van der Waals surface area contributed by atoms with Gasteiger partial charge in [0.1, 0.15) is 11.5 Å². The standard InChI is InChI=1S/C32H33Cl2N3O4/c1-21-14-27(40-13-5-12-37-11-4-3-6-22(37)2)8-9-29(21)36-31(38)20-41-30-10-7-25(33)18-28(30)32(39)24-15-23(19-35)16-26(34)17-24/h7-10,14-18,22H,3-6,11-13,20H2,1-2H3,(H,36,38). The van der Waals surface area contributed by atoms with Crippen LogP contribution in [0.25, 0.3) is 0 Å². The molecule has 1 heterocycles. The third-order valence-corrected chi connectivity index (χ3v) is 7.56. The van der Waals surface area contributed by atoms with Crippen LogP contribution >= 0.6 is 23.2 Å². The molecule has 7 nitrogen and oxygen atoms in total. The lowest BCUT2D eigenvalue weighted by atomic mass is 10.0. The summed E-state index contributed by atoms with van der Waals surface area (Å²) in [6.45, 7) is 6.71. The second kappa shape index (κ2) is 14.4. The first-order chi connectivity index (χ1) is 19.7. The molecule has 1 aliphatic heterocycles. The molecule has 1 N–H and O–H groups in total. The van der Waals surface area contributed by atoms with E-state index in [9.17, 15) is 14.9 Å². The molecule has 1 saturated heterocycles. The number of rotatable bonds is 11. The number of amides is 1. The summed E-state index contributed by atoms with van der Waals surface area (Å²) >= 11 is 12.2. The van der Waals surface area contributed by atoms with Crippen molar-refractivity contribution in [1.82, 2.24) is 4.90 Å². The fourth-order valence-electron chi connectivity index (χ4n) is 4.89. The molecule has 0 spiro atoms. The maximum absolute atomic E-state index is 13.2. The van der Waals surface area contributed by atoms with Gasteiger partial charge in [0, 0.05) is 33.9 Å². The SMILES string of the molecule is Cc1cc(OCCCN2CCCCC2C)ccc1NC(=O)COc1ccc(Cl)cc1C(=O)c1cc(Cl)cc(C#N)c1. The molecule has 1 amide bonds. The smallest absolute Gasteiger partial charge is 0.262 e. The molecule has 0 radical (unpaired) electrons. The largest absolute Gasteiger partial charge is 0.494 e. The molecule has 0 aliphatic carbocycles. The minimum atomic E-state index is -0.432. The number of benzene rings is 3. The summed E-state index contributed by atoms with van der Waals surface area (Å²) in [6, 6.07) is 17.1. The number of carbonyl (C=O) groups is 2. The van der Waals surface area contributed by atoms with Crippen molar-refractivity contribution in [3.05, 3.63) is 86.9 Å². The Kier molecular flexibility index (Phi) is 10.6. The third-order valence-electron chi connectivity index (χ3n) is 7.11. The normalized spacial score (nSPS) is 15.1. The average Bonchev–Trinajstić information content (AvgIpc) is 2.96. The molecule has 41 heavy (non-hydrogen) atoms. The number of carbonyl (C=O) groups excluding carboxylic acids is 2. The summed E-state index contributed by atoms with van der Waals surface area (Å²) in [5.41, 5.74) is 2.12. The van der Waals surface area contributed by atoms with Crippen molar-refractivity contribution in [2.45, 2.75) is 45.6 Å². The van der Waals surface area contributed by atoms with Crippen molar-refractivity contribution in [1.29, 1.82) is 5.26 Å². The van der Waals surface area contributed by atoms with E-state index in [2.05, 4.69) is 17.1 Å². The Labute approximate surface area is 251 Å². The van der Waals surface area contributed by atoms with Crippen LogP contribution in [-0.2, 0) is 4.79 Å². The summed E-state index contributed by atoms with van der Waals surface area (Å²) in [4.78, 5) is 28.5. The third kappa shape index (κ3) is 8.46. The molecular weight excluding hydrogens is 561 g/mol. The first-order valence-corrected chi connectivity index (χ1v) is 14.4. The quantitative estimate of drug-likeness (QED) is 0.189. The van der Waals surface area contributed by atoms with Crippen LogP contribution in [-0.4, -0.2) is 48.9 Å². The average molecular weight is 595 g/mol. The van der Waals surface area contributed by atoms with Crippen molar-refractivity contribution < 1.29 is 19.1 Å². The maximum atomic E-state index is 13.2. The highest BCUT2D eigenvalue weighted by Crippen LogP contribution is 2.28. The Bertz CT molecular complexity index is 1450. The summed E-state index contributed by atoms with van der Waals surface area (Å²) in [5, 5.41) is 12.7. The van der Waals surface area contributed by atoms with Crippen LogP contribution in [0.1, 0.15) is 59.7 Å². The highest BCUT2D eigenvalue weighted by atomic mass is 35.5. The molecule has 0 bridgehead atoms. The summed E-state index contributed by atoms with van der Waals surface area (Å²) in [7, 11) is 0. The fraction of sp³-hybridized carbons (Fsp3) is 0.344. The van der Waals surface area contributed by atoms with E-state index in [1.807, 2.05) is 25.1 Å². The van der Waals surface area contributed by atoms with Crippen molar-refractivity contribution in [3.8, 4) is 17.6 Å². The minimum Gasteiger partial charge on any atom is -0.494 e. The van der Waals surface area contributed by atoms with Gasteiger partial charge in [0.2, 0.25) is 0 Å². The zero-order chi connectivity index (χ0) is 29.4. The lowest BCUT2D eigenvalue weighted by Crippen LogP contribution is -2.38. The molecule has 1 aliphatic rings. The van der Waals surface area contributed by atoms with Gasteiger partial charge in [0.05, 0.1) is 23.8 Å². The Morgan fingerprint density at radius 3 is 2.63 bits per heavy atom. The number of halogens is 2. The topological polar surface area (TPSA) is 91.7 Å². The number of hydrogen-bond donors (Lipinski definition) is 1. The second-order valence-electron chi connectivity index (χ2n) is 10.2. The first kappa shape index (κ1) is 30.4. The molecule has 214 valence electrons. The van der Waals surface area contributed by atoms with E-state index in [1.165, 1.54) is 56.1 Å². The number of nitriles is 1. The summed E-state index contributed by atoms with van der Waals surface area (Å²) < 4.78 is 11.7. The van der Waals surface area contributed by atoms with Crippen LogP contribution in [0.3, 0.4) is 0 Å². The lowest BCUT2D eigenvalue weighted by Gasteiger charge is -2.33. The minimum absolute atomic E-state index is 0.156. The fourth-order valence-corrected chi connectivity index (χ4v) is 5.30. The van der Waals surface area contributed by atoms with E-state index >= 15 is 0 Å². The molecule has 3 aromatic rings. The van der Waals surface area contributed by atoms with Gasteiger partial charge in [0.25, 0.3) is 5.91 Å². The molecule has 1 fully saturated rings. The van der Waals surface area contributed by atoms with Gasteiger partial charge in [-0.3, -0.25) is 9.59 Å². The van der Waals surface area contributed by atoms with E-state index in [1.54, 1.807) is 12.1 Å². The Morgan fingerprint density at radius 1 is 1.05 bits per heavy atom. The Balaban J connectivity index is 1.32. The second-order valence-corrected chi connectivity index (χ2v) is 11.1. The van der Waals surface area contributed by atoms with Gasteiger partial charge < -0.3 is 19.7 Å². The molecule has 4 rings (SSSR count). The highest BCUT2D eigenvalue weighted by Gasteiger charge is 2.19. The molecule has 9 heteroatoms. The summed E-state index contributed by atoms with van der Waals surface area (Å²) in [6.07, 6.45) is 4.82. The number of nitrogens with zero attached hydrogens (tertiary/aromatic N) is 2. The van der Waals surface area contributed by atoms with Gasteiger partial charge in [0.15, 0.2) is 12.4 Å². The van der Waals surface area contributed by atoms with Crippen molar-refractivity contribution in [3.63, 3.8) is 0 Å². The van der Waals surface area contributed by atoms with Crippen molar-refractivity contribution in [2.75, 3.05) is 31.6 Å². The van der Waals surface area contributed by atoms with Gasteiger partial charge >= 0.3 is 0 Å².